The first-order valence-electron chi connectivity index (χ1n) is 4.97. The summed E-state index contributed by atoms with van der Waals surface area (Å²) < 4.78 is 31.1. The third kappa shape index (κ3) is 3.38. The number of pyridine rings is 1. The summed E-state index contributed by atoms with van der Waals surface area (Å²) in [6.45, 7) is 0.373. The van der Waals surface area contributed by atoms with Crippen LogP contribution in [0.25, 0.3) is 0 Å². The molecule has 2 aromatic rings. The zero-order chi connectivity index (χ0) is 12.3. The third-order valence-corrected chi connectivity index (χ3v) is 2.14. The Bertz CT molecular complexity index is 520. The lowest BCUT2D eigenvalue weighted by Crippen LogP contribution is -1.97. The average molecular weight is 273 g/mol. The van der Waals surface area contributed by atoms with Crippen molar-refractivity contribution in [3.8, 4) is 11.6 Å². The third-order valence-electron chi connectivity index (χ3n) is 2.14. The normalized spacial score (nSPS) is 9.72. The van der Waals surface area contributed by atoms with Crippen molar-refractivity contribution < 1.29 is 13.5 Å². The zero-order valence-electron chi connectivity index (χ0n) is 9.27. The lowest BCUT2D eigenvalue weighted by molar-refractivity contribution is 0.423. The van der Waals surface area contributed by atoms with Crippen molar-refractivity contribution in [2.24, 2.45) is 5.73 Å². The molecule has 0 saturated heterocycles. The van der Waals surface area contributed by atoms with E-state index in [4.69, 9.17) is 10.5 Å². The molecular weight excluding hydrogens is 262 g/mol. The lowest BCUT2D eigenvalue weighted by Gasteiger charge is -2.06. The molecule has 96 valence electrons. The van der Waals surface area contributed by atoms with Crippen LogP contribution >= 0.6 is 12.4 Å². The summed E-state index contributed by atoms with van der Waals surface area (Å²) in [4.78, 5) is 3.95. The van der Waals surface area contributed by atoms with Crippen molar-refractivity contribution in [1.82, 2.24) is 4.98 Å². The van der Waals surface area contributed by atoms with Crippen molar-refractivity contribution in [1.29, 1.82) is 0 Å². The van der Waals surface area contributed by atoms with Crippen molar-refractivity contribution in [2.75, 3.05) is 0 Å². The molecule has 0 aliphatic rings. The van der Waals surface area contributed by atoms with Gasteiger partial charge in [0.25, 0.3) is 0 Å². The Balaban J connectivity index is 0.00000162. The van der Waals surface area contributed by atoms with Crippen molar-refractivity contribution in [3.05, 3.63) is 53.7 Å². The van der Waals surface area contributed by atoms with Gasteiger partial charge in [-0.2, -0.15) is 0 Å². The summed E-state index contributed by atoms with van der Waals surface area (Å²) in [5.41, 5.74) is 6.26. The highest BCUT2D eigenvalue weighted by molar-refractivity contribution is 5.85. The van der Waals surface area contributed by atoms with Crippen molar-refractivity contribution >= 4 is 12.4 Å². The largest absolute Gasteiger partial charge is 0.436 e. The molecule has 0 spiro atoms. The number of ether oxygens (including phenoxy) is 1. The van der Waals surface area contributed by atoms with E-state index in [-0.39, 0.29) is 24.0 Å². The van der Waals surface area contributed by atoms with Crippen LogP contribution in [0.2, 0.25) is 0 Å². The van der Waals surface area contributed by atoms with Gasteiger partial charge in [-0.05, 0) is 17.7 Å². The van der Waals surface area contributed by atoms with Gasteiger partial charge in [0, 0.05) is 24.9 Å². The highest BCUT2D eigenvalue weighted by atomic mass is 35.5. The summed E-state index contributed by atoms with van der Waals surface area (Å²) in [6, 6.07) is 6.38. The van der Waals surface area contributed by atoms with E-state index in [0.717, 1.165) is 17.7 Å². The molecule has 0 atom stereocenters. The summed E-state index contributed by atoms with van der Waals surface area (Å²) in [6.07, 6.45) is 1.54. The highest BCUT2D eigenvalue weighted by Crippen LogP contribution is 2.23. The molecule has 0 unspecified atom stereocenters. The van der Waals surface area contributed by atoms with Crippen molar-refractivity contribution in [3.63, 3.8) is 0 Å². The molecule has 0 saturated carbocycles. The topological polar surface area (TPSA) is 48.1 Å². The van der Waals surface area contributed by atoms with E-state index >= 15 is 0 Å². The molecule has 2 N–H and O–H groups in total. The van der Waals surface area contributed by atoms with E-state index < -0.39 is 11.6 Å². The quantitative estimate of drug-likeness (QED) is 0.934. The van der Waals surface area contributed by atoms with Crippen LogP contribution in [0.1, 0.15) is 5.56 Å². The molecular formula is C12H11ClF2N2O. The maximum Gasteiger partial charge on any atom is 0.219 e. The predicted octanol–water partition coefficient (Wildman–Crippen LogP) is 3.03. The fourth-order valence-corrected chi connectivity index (χ4v) is 1.26. The molecule has 2 rings (SSSR count). The Kier molecular flexibility index (Phi) is 5.00. The molecule has 1 aromatic carbocycles. The van der Waals surface area contributed by atoms with Crippen LogP contribution in [0, 0.1) is 11.6 Å². The van der Waals surface area contributed by atoms with E-state index in [2.05, 4.69) is 4.98 Å². The second-order valence-corrected chi connectivity index (χ2v) is 3.39. The Morgan fingerprint density at radius 2 is 1.94 bits per heavy atom. The van der Waals surface area contributed by atoms with E-state index in [1.54, 1.807) is 12.1 Å². The van der Waals surface area contributed by atoms with Gasteiger partial charge in [-0.1, -0.05) is 6.07 Å². The molecule has 0 amide bonds. The van der Waals surface area contributed by atoms with Crippen LogP contribution in [-0.4, -0.2) is 4.98 Å². The maximum atomic E-state index is 13.3. The summed E-state index contributed by atoms with van der Waals surface area (Å²) in [7, 11) is 0. The highest BCUT2D eigenvalue weighted by Gasteiger charge is 2.06. The SMILES string of the molecule is Cl.NCc1ccc(Oc2ccc(F)cc2F)nc1. The van der Waals surface area contributed by atoms with E-state index in [9.17, 15) is 8.78 Å². The first-order valence-corrected chi connectivity index (χ1v) is 4.97. The van der Waals surface area contributed by atoms with E-state index in [1.807, 2.05) is 0 Å². The fourth-order valence-electron chi connectivity index (χ4n) is 1.26. The summed E-state index contributed by atoms with van der Waals surface area (Å²) in [5.74, 6) is -1.26. The van der Waals surface area contributed by atoms with Gasteiger partial charge in [0.15, 0.2) is 11.6 Å². The average Bonchev–Trinajstić information content (AvgIpc) is 2.34. The van der Waals surface area contributed by atoms with E-state index in [1.165, 1.54) is 12.3 Å². The van der Waals surface area contributed by atoms with Crippen LogP contribution in [0.5, 0.6) is 11.6 Å². The Morgan fingerprint density at radius 1 is 1.17 bits per heavy atom. The molecule has 3 nitrogen and oxygen atoms in total. The maximum absolute atomic E-state index is 13.3. The number of benzene rings is 1. The smallest absolute Gasteiger partial charge is 0.219 e. The second kappa shape index (κ2) is 6.28. The molecule has 0 radical (unpaired) electrons. The van der Waals surface area contributed by atoms with Crippen LogP contribution < -0.4 is 10.5 Å². The van der Waals surface area contributed by atoms with Gasteiger partial charge in [0.1, 0.15) is 5.82 Å². The molecule has 6 heteroatoms. The van der Waals surface area contributed by atoms with Gasteiger partial charge >= 0.3 is 0 Å². The lowest BCUT2D eigenvalue weighted by atomic mass is 10.3. The van der Waals surface area contributed by atoms with E-state index in [0.29, 0.717) is 6.54 Å². The number of hydrogen-bond acceptors (Lipinski definition) is 3. The van der Waals surface area contributed by atoms with Crippen LogP contribution in [0.3, 0.4) is 0 Å². The first-order chi connectivity index (χ1) is 8.19. The second-order valence-electron chi connectivity index (χ2n) is 3.39. The van der Waals surface area contributed by atoms with Crippen LogP contribution in [0.15, 0.2) is 36.5 Å². The summed E-state index contributed by atoms with van der Waals surface area (Å²) in [5, 5.41) is 0. The zero-order valence-corrected chi connectivity index (χ0v) is 10.1. The predicted molar refractivity (Wildman–Crippen MR) is 65.8 cm³/mol. The summed E-state index contributed by atoms with van der Waals surface area (Å²) >= 11 is 0. The Morgan fingerprint density at radius 3 is 2.50 bits per heavy atom. The molecule has 1 heterocycles. The molecule has 18 heavy (non-hydrogen) atoms. The monoisotopic (exact) mass is 272 g/mol. The molecule has 0 fully saturated rings. The van der Waals surface area contributed by atoms with Gasteiger partial charge in [-0.3, -0.25) is 0 Å². The van der Waals surface area contributed by atoms with Crippen LogP contribution in [-0.2, 0) is 6.54 Å². The molecule has 0 aliphatic carbocycles. The molecule has 0 aliphatic heterocycles. The van der Waals surface area contributed by atoms with Crippen LogP contribution in [0.4, 0.5) is 8.78 Å². The molecule has 1 aromatic heterocycles. The first kappa shape index (κ1) is 14.3. The number of rotatable bonds is 3. The minimum Gasteiger partial charge on any atom is -0.436 e. The minimum absolute atomic E-state index is 0. The Hall–Kier alpha value is -1.72. The van der Waals surface area contributed by atoms with Gasteiger partial charge in [0.05, 0.1) is 0 Å². The van der Waals surface area contributed by atoms with Gasteiger partial charge in [-0.25, -0.2) is 13.8 Å². The number of nitrogens with zero attached hydrogens (tertiary/aromatic N) is 1. The number of nitrogens with two attached hydrogens (primary N) is 1. The van der Waals surface area contributed by atoms with Gasteiger partial charge in [0.2, 0.25) is 5.88 Å². The van der Waals surface area contributed by atoms with Gasteiger partial charge < -0.3 is 10.5 Å². The van der Waals surface area contributed by atoms with Gasteiger partial charge in [-0.15, -0.1) is 12.4 Å². The molecule has 0 bridgehead atoms. The number of hydrogen-bond donors (Lipinski definition) is 1. The van der Waals surface area contributed by atoms with Crippen molar-refractivity contribution in [2.45, 2.75) is 6.54 Å². The standard InChI is InChI=1S/C12H10F2N2O.ClH/c13-9-2-3-11(10(14)5-9)17-12-4-1-8(6-15)7-16-12;/h1-5,7H,6,15H2;1H. The number of aromatic nitrogens is 1. The minimum atomic E-state index is -0.769. The Labute approximate surface area is 109 Å². The fraction of sp³-hybridized carbons (Fsp3) is 0.0833. The number of halogens is 3.